The lowest BCUT2D eigenvalue weighted by molar-refractivity contribution is 0.147. The maximum Gasteiger partial charge on any atom is 0.143 e. The van der Waals surface area contributed by atoms with Gasteiger partial charge in [0.05, 0.1) is 30.3 Å². The molecular weight excluding hydrogens is 422 g/mol. The molecule has 1 unspecified atom stereocenters. The van der Waals surface area contributed by atoms with Crippen molar-refractivity contribution in [3.05, 3.63) is 29.6 Å². The first-order valence-corrected chi connectivity index (χ1v) is 13.1. The van der Waals surface area contributed by atoms with Crippen molar-refractivity contribution >= 4 is 22.7 Å². The molecule has 0 aliphatic heterocycles. The van der Waals surface area contributed by atoms with E-state index < -0.39 is 11.2 Å². The molecule has 1 heterocycles. The smallest absolute Gasteiger partial charge is 0.143 e. The molecule has 0 spiro atoms. The van der Waals surface area contributed by atoms with E-state index in [9.17, 15) is 4.55 Å². The summed E-state index contributed by atoms with van der Waals surface area (Å²) < 4.78 is 18.4. The zero-order valence-corrected chi connectivity index (χ0v) is 20.4. The van der Waals surface area contributed by atoms with Gasteiger partial charge in [0.1, 0.15) is 23.6 Å². The molecule has 174 valence electrons. The van der Waals surface area contributed by atoms with Crippen molar-refractivity contribution in [2.45, 2.75) is 63.5 Å². The molecule has 32 heavy (non-hydrogen) atoms. The van der Waals surface area contributed by atoms with E-state index in [1.165, 1.54) is 5.56 Å². The van der Waals surface area contributed by atoms with Crippen LogP contribution in [0.5, 0.6) is 5.75 Å². The Morgan fingerprint density at radius 3 is 2.62 bits per heavy atom. The highest BCUT2D eigenvalue weighted by Crippen LogP contribution is 2.49. The maximum atomic E-state index is 11.8. The van der Waals surface area contributed by atoms with Crippen LogP contribution in [0.4, 0.5) is 11.5 Å². The number of anilines is 2. The van der Waals surface area contributed by atoms with Gasteiger partial charge in [-0.3, -0.25) is 0 Å². The minimum atomic E-state index is -0.867. The van der Waals surface area contributed by atoms with Gasteiger partial charge in [0, 0.05) is 24.2 Å². The minimum absolute atomic E-state index is 0.169. The number of nitrogens with two attached hydrogens (primary N) is 2. The highest BCUT2D eigenvalue weighted by atomic mass is 32.2. The maximum absolute atomic E-state index is 11.8. The van der Waals surface area contributed by atoms with Gasteiger partial charge in [-0.1, -0.05) is 25.0 Å². The Morgan fingerprint density at radius 2 is 1.94 bits per heavy atom. The third kappa shape index (κ3) is 4.54. The third-order valence-corrected chi connectivity index (χ3v) is 7.54. The third-order valence-electron chi connectivity index (χ3n) is 6.78. The summed E-state index contributed by atoms with van der Waals surface area (Å²) in [7, 11) is 2.06. The molecule has 8 heteroatoms. The van der Waals surface area contributed by atoms with Crippen LogP contribution in [0, 0.1) is 0 Å². The van der Waals surface area contributed by atoms with E-state index in [1.807, 2.05) is 0 Å². The second-order valence-corrected chi connectivity index (χ2v) is 11.4. The van der Waals surface area contributed by atoms with E-state index in [4.69, 9.17) is 16.2 Å². The SMILES string of the molecule is CN(CC[S+](C)[O-])c1c(O[C@H]2CC[C@@H](N)CC2)ccc2c1CC(C)(C)c1c(N)ncnc1-2. The molecule has 1 atom stereocenters. The number of nitrogens with zero attached hydrogens (tertiary/aromatic N) is 3. The van der Waals surface area contributed by atoms with Gasteiger partial charge < -0.3 is 25.7 Å². The Morgan fingerprint density at radius 1 is 1.22 bits per heavy atom. The number of ether oxygens (including phenoxy) is 1. The largest absolute Gasteiger partial charge is 0.617 e. The molecule has 4 N–H and O–H groups in total. The van der Waals surface area contributed by atoms with Gasteiger partial charge in [0.25, 0.3) is 0 Å². The highest BCUT2D eigenvalue weighted by Gasteiger charge is 2.37. The van der Waals surface area contributed by atoms with Gasteiger partial charge in [0.2, 0.25) is 0 Å². The van der Waals surface area contributed by atoms with E-state index >= 15 is 0 Å². The predicted octanol–water partition coefficient (Wildman–Crippen LogP) is 3.02. The first-order chi connectivity index (χ1) is 15.2. The van der Waals surface area contributed by atoms with Gasteiger partial charge in [-0.2, -0.15) is 0 Å². The lowest BCUT2D eigenvalue weighted by atomic mass is 9.71. The van der Waals surface area contributed by atoms with Crippen molar-refractivity contribution in [1.29, 1.82) is 0 Å². The Balaban J connectivity index is 1.79. The van der Waals surface area contributed by atoms with Gasteiger partial charge >= 0.3 is 0 Å². The monoisotopic (exact) mass is 457 g/mol. The molecule has 0 amide bonds. The topological polar surface area (TPSA) is 113 Å². The van der Waals surface area contributed by atoms with Gasteiger partial charge in [-0.15, -0.1) is 0 Å². The molecule has 1 aromatic heterocycles. The minimum Gasteiger partial charge on any atom is -0.617 e. The summed E-state index contributed by atoms with van der Waals surface area (Å²) in [5.74, 6) is 2.03. The van der Waals surface area contributed by atoms with E-state index in [-0.39, 0.29) is 17.6 Å². The molecule has 1 fully saturated rings. The standard InChI is InChI=1S/C24H35N5O2S/c1-24(2)13-18-17(21-20(24)23(26)28-14-27-21)9-10-19(22(18)29(3)11-12-32(4)30)31-16-7-5-15(25)6-8-16/h9-10,14-16H,5-8,11-13,25H2,1-4H3,(H2,26,27,28)/t15-,16+,32?. The summed E-state index contributed by atoms with van der Waals surface area (Å²) in [6.45, 7) is 5.06. The van der Waals surface area contributed by atoms with Crippen molar-refractivity contribution in [2.75, 3.05) is 36.2 Å². The van der Waals surface area contributed by atoms with Crippen LogP contribution in [-0.2, 0) is 23.0 Å². The van der Waals surface area contributed by atoms with Crippen LogP contribution in [0.3, 0.4) is 0 Å². The van der Waals surface area contributed by atoms with Crippen LogP contribution < -0.4 is 21.1 Å². The molecule has 0 saturated heterocycles. The average Bonchev–Trinajstić information content (AvgIpc) is 2.73. The van der Waals surface area contributed by atoms with Crippen LogP contribution in [0.25, 0.3) is 11.3 Å². The lowest BCUT2D eigenvalue weighted by Crippen LogP contribution is -2.34. The van der Waals surface area contributed by atoms with Crippen molar-refractivity contribution < 1.29 is 9.29 Å². The Labute approximate surface area is 194 Å². The zero-order chi connectivity index (χ0) is 23.0. The average molecular weight is 458 g/mol. The number of hydrogen-bond donors (Lipinski definition) is 2. The lowest BCUT2D eigenvalue weighted by Gasteiger charge is -2.37. The summed E-state index contributed by atoms with van der Waals surface area (Å²) in [5.41, 5.74) is 17.4. The summed E-state index contributed by atoms with van der Waals surface area (Å²) in [6, 6.07) is 4.44. The zero-order valence-electron chi connectivity index (χ0n) is 19.6. The van der Waals surface area contributed by atoms with Crippen LogP contribution >= 0.6 is 0 Å². The van der Waals surface area contributed by atoms with Gasteiger partial charge in [0.15, 0.2) is 0 Å². The normalized spacial score (nSPS) is 22.6. The number of benzene rings is 1. The van der Waals surface area contributed by atoms with E-state index in [1.54, 1.807) is 12.6 Å². The number of rotatable bonds is 6. The van der Waals surface area contributed by atoms with Crippen LogP contribution in [0.1, 0.15) is 50.7 Å². The number of aromatic nitrogens is 2. The van der Waals surface area contributed by atoms with E-state index in [2.05, 4.69) is 47.9 Å². The molecule has 0 bridgehead atoms. The molecule has 1 saturated carbocycles. The fourth-order valence-electron chi connectivity index (χ4n) is 5.09. The predicted molar refractivity (Wildman–Crippen MR) is 132 cm³/mol. The first kappa shape index (κ1) is 23.1. The Hall–Kier alpha value is -2.03. The fraction of sp³-hybridized carbons (Fsp3) is 0.583. The molecule has 2 aromatic rings. The summed E-state index contributed by atoms with van der Waals surface area (Å²) >= 11 is -0.867. The van der Waals surface area contributed by atoms with Crippen molar-refractivity contribution in [3.63, 3.8) is 0 Å². The first-order valence-electron chi connectivity index (χ1n) is 11.4. The summed E-state index contributed by atoms with van der Waals surface area (Å²) in [4.78, 5) is 11.1. The number of nitrogen functional groups attached to an aromatic ring is 1. The van der Waals surface area contributed by atoms with Gasteiger partial charge in [-0.05, 0) is 55.2 Å². The molecule has 1 aromatic carbocycles. The van der Waals surface area contributed by atoms with Crippen LogP contribution in [0.2, 0.25) is 0 Å². The molecule has 2 aliphatic carbocycles. The molecule has 4 rings (SSSR count). The molecule has 2 aliphatic rings. The molecular formula is C24H35N5O2S. The second-order valence-electron chi connectivity index (χ2n) is 9.84. The second kappa shape index (κ2) is 9.08. The Bertz CT molecular complexity index is 973. The Kier molecular flexibility index (Phi) is 6.56. The summed E-state index contributed by atoms with van der Waals surface area (Å²) in [6.07, 6.45) is 8.18. The van der Waals surface area contributed by atoms with Crippen LogP contribution in [0.15, 0.2) is 18.5 Å². The fourth-order valence-corrected chi connectivity index (χ4v) is 5.62. The number of hydrogen-bond acceptors (Lipinski definition) is 7. The van der Waals surface area contributed by atoms with Crippen molar-refractivity contribution in [1.82, 2.24) is 9.97 Å². The quantitative estimate of drug-likeness (QED) is 0.641. The summed E-state index contributed by atoms with van der Waals surface area (Å²) in [5, 5.41) is 0. The van der Waals surface area contributed by atoms with E-state index in [0.29, 0.717) is 18.1 Å². The molecule has 7 nitrogen and oxygen atoms in total. The van der Waals surface area contributed by atoms with Crippen LogP contribution in [-0.4, -0.2) is 52.3 Å². The van der Waals surface area contributed by atoms with E-state index in [0.717, 1.165) is 60.4 Å². The number of fused-ring (bicyclic) bond motifs is 3. The highest BCUT2D eigenvalue weighted by molar-refractivity contribution is 7.90. The molecule has 0 radical (unpaired) electrons. The van der Waals surface area contributed by atoms with Gasteiger partial charge in [-0.25, -0.2) is 9.97 Å². The van der Waals surface area contributed by atoms with Crippen molar-refractivity contribution in [3.8, 4) is 17.0 Å². The van der Waals surface area contributed by atoms with Crippen molar-refractivity contribution in [2.24, 2.45) is 5.73 Å².